The molecule has 0 saturated carbocycles. The second kappa shape index (κ2) is 5.29. The van der Waals surface area contributed by atoms with Crippen LogP contribution in [-0.4, -0.2) is 37.3 Å². The van der Waals surface area contributed by atoms with Crippen LogP contribution in [0.5, 0.6) is 0 Å². The van der Waals surface area contributed by atoms with E-state index in [1.165, 1.54) is 10.4 Å². The van der Waals surface area contributed by atoms with Crippen molar-refractivity contribution < 1.29 is 13.2 Å². The Morgan fingerprint density at radius 2 is 2.00 bits per heavy atom. The zero-order valence-corrected chi connectivity index (χ0v) is 11.5. The van der Waals surface area contributed by atoms with Gasteiger partial charge in [-0.05, 0) is 24.7 Å². The molecule has 0 N–H and O–H groups in total. The van der Waals surface area contributed by atoms with Crippen molar-refractivity contribution >= 4 is 16.1 Å². The summed E-state index contributed by atoms with van der Waals surface area (Å²) in [6, 6.07) is 0. The zero-order chi connectivity index (χ0) is 13.1. The molecule has 1 aliphatic rings. The second-order valence-electron chi connectivity index (χ2n) is 5.62. The molecule has 1 aliphatic heterocycles. The van der Waals surface area contributed by atoms with Crippen LogP contribution in [0, 0.1) is 5.41 Å². The second-order valence-corrected chi connectivity index (χ2v) is 7.55. The van der Waals surface area contributed by atoms with Gasteiger partial charge in [-0.2, -0.15) is 9.30 Å². The molecule has 1 unspecified atom stereocenters. The van der Waals surface area contributed by atoms with E-state index >= 15 is 0 Å². The molecule has 0 aromatic carbocycles. The van der Waals surface area contributed by atoms with E-state index in [1.54, 1.807) is 0 Å². The molecule has 1 atom stereocenters. The normalized spacial score (nSPS) is 23.1. The Balaban J connectivity index is 2.91. The van der Waals surface area contributed by atoms with Crippen molar-refractivity contribution in [3.05, 3.63) is 0 Å². The highest BCUT2D eigenvalue weighted by Crippen LogP contribution is 2.25. The van der Waals surface area contributed by atoms with Gasteiger partial charge in [0.25, 0.3) is 0 Å². The molecule has 1 saturated heterocycles. The molecule has 1 fully saturated rings. The van der Waals surface area contributed by atoms with Gasteiger partial charge in [0.1, 0.15) is 6.17 Å². The maximum atomic E-state index is 12.2. The Kier molecular flexibility index (Phi) is 4.47. The minimum absolute atomic E-state index is 0.0743. The van der Waals surface area contributed by atoms with Crippen LogP contribution in [0.1, 0.15) is 40.0 Å². The van der Waals surface area contributed by atoms with Gasteiger partial charge in [-0.1, -0.05) is 20.8 Å². The largest absolute Gasteiger partial charge is 0.236 e. The molecule has 0 bridgehead atoms. The van der Waals surface area contributed by atoms with Gasteiger partial charge in [0.05, 0.1) is 5.75 Å². The standard InChI is InChI=1S/C11H20N2O3S/c1-11(2,3)8-17(15,16)13-7-5-4-6-10(13)12-9-14/h10H,4-8H2,1-3H3. The summed E-state index contributed by atoms with van der Waals surface area (Å²) >= 11 is 0. The molecule has 0 amide bonds. The molecule has 1 heterocycles. The van der Waals surface area contributed by atoms with Crippen molar-refractivity contribution in [2.45, 2.75) is 46.2 Å². The highest BCUT2D eigenvalue weighted by Gasteiger charge is 2.34. The van der Waals surface area contributed by atoms with Crippen LogP contribution in [0.15, 0.2) is 4.99 Å². The van der Waals surface area contributed by atoms with Crippen LogP contribution >= 0.6 is 0 Å². The Morgan fingerprint density at radius 1 is 1.35 bits per heavy atom. The van der Waals surface area contributed by atoms with Crippen molar-refractivity contribution in [3.63, 3.8) is 0 Å². The first-order valence-corrected chi connectivity index (χ1v) is 7.44. The van der Waals surface area contributed by atoms with Gasteiger partial charge in [0.2, 0.25) is 16.1 Å². The summed E-state index contributed by atoms with van der Waals surface area (Å²) in [5.41, 5.74) is -0.300. The van der Waals surface area contributed by atoms with Crippen LogP contribution in [0.25, 0.3) is 0 Å². The molecule has 98 valence electrons. The average Bonchev–Trinajstić information content (AvgIpc) is 2.15. The highest BCUT2D eigenvalue weighted by molar-refractivity contribution is 7.89. The third kappa shape index (κ3) is 4.22. The summed E-state index contributed by atoms with van der Waals surface area (Å²) < 4.78 is 25.8. The Labute approximate surface area is 103 Å². The molecule has 1 rings (SSSR count). The number of nitrogens with zero attached hydrogens (tertiary/aromatic N) is 2. The molecule has 5 nitrogen and oxygen atoms in total. The maximum absolute atomic E-state index is 12.2. The summed E-state index contributed by atoms with van der Waals surface area (Å²) in [7, 11) is -3.35. The monoisotopic (exact) mass is 260 g/mol. The Bertz CT molecular complexity index is 405. The third-order valence-electron chi connectivity index (χ3n) is 2.60. The fourth-order valence-corrected chi connectivity index (χ4v) is 4.22. The quantitative estimate of drug-likeness (QED) is 0.570. The number of rotatable bonds is 3. The third-order valence-corrected chi connectivity index (χ3v) is 4.97. The van der Waals surface area contributed by atoms with E-state index in [1.807, 2.05) is 20.8 Å². The smallest absolute Gasteiger partial charge is 0.212 e. The van der Waals surface area contributed by atoms with Crippen LogP contribution in [0.3, 0.4) is 0 Å². The number of piperidine rings is 1. The van der Waals surface area contributed by atoms with Crippen molar-refractivity contribution in [1.82, 2.24) is 4.31 Å². The predicted octanol–water partition coefficient (Wildman–Crippen LogP) is 1.51. The summed E-state index contributed by atoms with van der Waals surface area (Å²) in [6.45, 7) is 6.10. The minimum atomic E-state index is -3.35. The highest BCUT2D eigenvalue weighted by atomic mass is 32.2. The van der Waals surface area contributed by atoms with Crippen molar-refractivity contribution in [3.8, 4) is 0 Å². The molecule has 0 aliphatic carbocycles. The van der Waals surface area contributed by atoms with Crippen LogP contribution in [0.2, 0.25) is 0 Å². The van der Waals surface area contributed by atoms with Crippen molar-refractivity contribution in [2.24, 2.45) is 10.4 Å². The van der Waals surface area contributed by atoms with Crippen LogP contribution in [-0.2, 0) is 14.8 Å². The van der Waals surface area contributed by atoms with Gasteiger partial charge in [0.15, 0.2) is 0 Å². The van der Waals surface area contributed by atoms with Crippen molar-refractivity contribution in [2.75, 3.05) is 12.3 Å². The number of sulfonamides is 1. The van der Waals surface area contributed by atoms with Gasteiger partial charge in [-0.3, -0.25) is 0 Å². The van der Waals surface area contributed by atoms with Gasteiger partial charge < -0.3 is 0 Å². The van der Waals surface area contributed by atoms with E-state index in [-0.39, 0.29) is 11.2 Å². The van der Waals surface area contributed by atoms with Gasteiger partial charge in [-0.25, -0.2) is 13.2 Å². The molecule has 6 heteroatoms. The lowest BCUT2D eigenvalue weighted by molar-refractivity contribution is 0.255. The SMILES string of the molecule is CC(C)(C)CS(=O)(=O)N1CCCCC1N=C=O. The lowest BCUT2D eigenvalue weighted by Crippen LogP contribution is -2.45. The summed E-state index contributed by atoms with van der Waals surface area (Å²) in [4.78, 5) is 13.9. The minimum Gasteiger partial charge on any atom is -0.212 e. The molecule has 0 radical (unpaired) electrons. The number of hydrogen-bond acceptors (Lipinski definition) is 4. The van der Waals surface area contributed by atoms with E-state index in [4.69, 9.17) is 0 Å². The molecular formula is C11H20N2O3S. The van der Waals surface area contributed by atoms with Crippen molar-refractivity contribution in [1.29, 1.82) is 0 Å². The molecule has 0 spiro atoms. The Morgan fingerprint density at radius 3 is 2.53 bits per heavy atom. The van der Waals surface area contributed by atoms with E-state index < -0.39 is 16.2 Å². The van der Waals surface area contributed by atoms with Gasteiger partial charge in [-0.15, -0.1) is 0 Å². The predicted molar refractivity (Wildman–Crippen MR) is 65.7 cm³/mol. The van der Waals surface area contributed by atoms with E-state index in [9.17, 15) is 13.2 Å². The van der Waals surface area contributed by atoms with Crippen LogP contribution < -0.4 is 0 Å². The molecule has 0 aromatic heterocycles. The fraction of sp³-hybridized carbons (Fsp3) is 0.909. The maximum Gasteiger partial charge on any atom is 0.236 e. The average molecular weight is 260 g/mol. The zero-order valence-electron chi connectivity index (χ0n) is 10.6. The van der Waals surface area contributed by atoms with Gasteiger partial charge in [0, 0.05) is 6.54 Å². The number of aliphatic imine (C=N–C) groups is 1. The summed E-state index contributed by atoms with van der Waals surface area (Å²) in [5.74, 6) is 0.0743. The van der Waals surface area contributed by atoms with E-state index in [0.717, 1.165) is 12.8 Å². The Hall–Kier alpha value is -0.710. The van der Waals surface area contributed by atoms with Crippen LogP contribution in [0.4, 0.5) is 0 Å². The lowest BCUT2D eigenvalue weighted by atomic mass is 10.0. The van der Waals surface area contributed by atoms with E-state index in [2.05, 4.69) is 4.99 Å². The topological polar surface area (TPSA) is 66.8 Å². The van der Waals surface area contributed by atoms with Gasteiger partial charge >= 0.3 is 0 Å². The lowest BCUT2D eigenvalue weighted by Gasteiger charge is -2.33. The molecule has 17 heavy (non-hydrogen) atoms. The fourth-order valence-electron chi connectivity index (χ4n) is 2.03. The number of carbonyl (C=O) groups excluding carboxylic acids is 1. The summed E-state index contributed by atoms with van der Waals surface area (Å²) in [5, 5.41) is 0. The number of isocyanates is 1. The first-order chi connectivity index (χ1) is 7.76. The first-order valence-electron chi connectivity index (χ1n) is 5.83. The van der Waals surface area contributed by atoms with E-state index in [0.29, 0.717) is 13.0 Å². The number of hydrogen-bond donors (Lipinski definition) is 0. The first kappa shape index (κ1) is 14.4. The molecule has 0 aromatic rings. The molecular weight excluding hydrogens is 240 g/mol. The summed E-state index contributed by atoms with van der Waals surface area (Å²) in [6.07, 6.45) is 3.26.